The second kappa shape index (κ2) is 19.3. The average molecular weight is 729 g/mol. The van der Waals surface area contributed by atoms with Crippen molar-refractivity contribution < 1.29 is 74.4 Å². The molecule has 4 rings (SSSR count). The van der Waals surface area contributed by atoms with Gasteiger partial charge in [-0.25, -0.2) is 0 Å². The van der Waals surface area contributed by atoms with Crippen LogP contribution in [0.4, 0.5) is 0 Å². The predicted octanol–water partition coefficient (Wildman–Crippen LogP) is -9.09. The third-order valence-corrected chi connectivity index (χ3v) is 9.28. The van der Waals surface area contributed by atoms with E-state index in [1.165, 1.54) is 0 Å². The van der Waals surface area contributed by atoms with Crippen molar-refractivity contribution in [3.8, 4) is 0 Å². The molecule has 292 valence electrons. The van der Waals surface area contributed by atoms with Crippen molar-refractivity contribution >= 4 is 0 Å². The van der Waals surface area contributed by atoms with Crippen molar-refractivity contribution in [2.45, 2.75) is 123 Å². The summed E-state index contributed by atoms with van der Waals surface area (Å²) in [6, 6.07) is -3.67. The van der Waals surface area contributed by atoms with Gasteiger partial charge < -0.3 is 108 Å². The second-order valence-electron chi connectivity index (χ2n) is 13.1. The minimum atomic E-state index is -1.63. The van der Waals surface area contributed by atoms with Crippen LogP contribution in [-0.2, 0) is 28.4 Å². The fourth-order valence-electron chi connectivity index (χ4n) is 6.34. The number of hydrogen-bond donors (Lipinski definition) is 15. The van der Waals surface area contributed by atoms with Crippen LogP contribution in [0.25, 0.3) is 0 Å². The molecule has 0 aromatic heterocycles. The zero-order chi connectivity index (χ0) is 36.7. The van der Waals surface area contributed by atoms with Crippen molar-refractivity contribution in [2.75, 3.05) is 46.0 Å². The number of aliphatic hydroxyl groups excluding tert-OH is 9. The van der Waals surface area contributed by atoms with E-state index in [2.05, 4.69) is 10.6 Å². The smallest absolute Gasteiger partial charge is 0.187 e. The molecule has 3 fully saturated rings. The maximum absolute atomic E-state index is 11.6. The molecule has 50 heavy (non-hydrogen) atoms. The maximum atomic E-state index is 11.6. The number of rotatable bonds is 17. The Balaban J connectivity index is 1.50. The highest BCUT2D eigenvalue weighted by atomic mass is 16.8. The van der Waals surface area contributed by atoms with Crippen LogP contribution in [0, 0.1) is 0 Å². The Hall–Kier alpha value is -1.10. The van der Waals surface area contributed by atoms with Gasteiger partial charge >= 0.3 is 0 Å². The van der Waals surface area contributed by atoms with E-state index in [0.29, 0.717) is 0 Å². The molecule has 4 aliphatic rings. The largest absolute Gasteiger partial charge is 0.394 e. The average Bonchev–Trinajstić information content (AvgIpc) is 3.40. The molecule has 21 nitrogen and oxygen atoms in total. The summed E-state index contributed by atoms with van der Waals surface area (Å²) in [5, 5.41) is 97.4. The van der Waals surface area contributed by atoms with Gasteiger partial charge in [-0.2, -0.15) is 0 Å². The molecule has 0 spiro atoms. The van der Waals surface area contributed by atoms with E-state index in [1.807, 2.05) is 0 Å². The standard InChI is InChI=1S/C29H56N6O15/c30-4-17-21(42)22(43)19(33)28(46-17)49-25-18(10-38)47-29(23(25)44)50-26-20(41)16(35-6-12(40)9-37)3-15(32)24(26)48-27-14(31)2-1-13(45-27)7-34-5-11(39)8-36/h1-2,11-29,34-44H,3-10,30-33H2/t11?,12?,13-,14+,15-,16+,17-,18+,19+,20-,21+,22+,23+,24+,25+,26+,27+,28+,29-/m0/s1. The lowest BCUT2D eigenvalue weighted by Gasteiger charge is -2.46. The molecule has 2 saturated heterocycles. The van der Waals surface area contributed by atoms with E-state index >= 15 is 0 Å². The van der Waals surface area contributed by atoms with E-state index < -0.39 is 136 Å². The van der Waals surface area contributed by atoms with Gasteiger partial charge in [0, 0.05) is 38.3 Å². The number of nitrogens with two attached hydrogens (primary N) is 4. The number of ether oxygens (including phenoxy) is 6. The van der Waals surface area contributed by atoms with Gasteiger partial charge in [-0.3, -0.25) is 0 Å². The van der Waals surface area contributed by atoms with Crippen molar-refractivity contribution in [1.82, 2.24) is 10.6 Å². The van der Waals surface area contributed by atoms with Gasteiger partial charge in [0.1, 0.15) is 48.8 Å². The summed E-state index contributed by atoms with van der Waals surface area (Å²) in [4.78, 5) is 0. The molecule has 1 saturated carbocycles. The lowest BCUT2D eigenvalue weighted by atomic mass is 9.83. The predicted molar refractivity (Wildman–Crippen MR) is 169 cm³/mol. The molecule has 0 amide bonds. The summed E-state index contributed by atoms with van der Waals surface area (Å²) >= 11 is 0. The first kappa shape index (κ1) is 41.7. The molecule has 0 aromatic rings. The normalized spacial score (nSPS) is 45.1. The van der Waals surface area contributed by atoms with Gasteiger partial charge in [0.25, 0.3) is 0 Å². The molecule has 3 heterocycles. The summed E-state index contributed by atoms with van der Waals surface area (Å²) in [6.45, 7) is -1.54. The van der Waals surface area contributed by atoms with Crippen LogP contribution in [0.15, 0.2) is 12.2 Å². The zero-order valence-corrected chi connectivity index (χ0v) is 27.6. The Morgan fingerprint density at radius 1 is 0.720 bits per heavy atom. The summed E-state index contributed by atoms with van der Waals surface area (Å²) in [7, 11) is 0. The number of nitrogens with one attached hydrogen (secondary N) is 2. The summed E-state index contributed by atoms with van der Waals surface area (Å²) in [5.74, 6) is 0. The Labute approximate surface area is 289 Å². The monoisotopic (exact) mass is 728 g/mol. The molecule has 1 aliphatic carbocycles. The third kappa shape index (κ3) is 10.1. The SMILES string of the molecule is NC[C@@H]1O[C@H](O[C@H]2[C@@H](O)[C@H](O[C@@H]3[C@@H](O)[C@H](NCC(O)CO)C[C@H](N)[C@H]3O[C@H]3O[C@H](CNCC(O)CO)C=C[C@H]3N)O[C@@H]2CO)[C@H](N)[C@@H](O)[C@@H]1O. The van der Waals surface area contributed by atoms with Gasteiger partial charge in [0.05, 0.1) is 56.3 Å². The van der Waals surface area contributed by atoms with Crippen molar-refractivity contribution in [1.29, 1.82) is 0 Å². The van der Waals surface area contributed by atoms with E-state index in [0.717, 1.165) is 0 Å². The molecule has 0 aromatic carbocycles. The molecular formula is C29H56N6O15. The van der Waals surface area contributed by atoms with Crippen molar-refractivity contribution in [3.63, 3.8) is 0 Å². The van der Waals surface area contributed by atoms with Crippen molar-refractivity contribution in [3.05, 3.63) is 12.2 Å². The van der Waals surface area contributed by atoms with Gasteiger partial charge in [-0.05, 0) is 6.42 Å². The minimum Gasteiger partial charge on any atom is -0.394 e. The summed E-state index contributed by atoms with van der Waals surface area (Å²) < 4.78 is 35.8. The van der Waals surface area contributed by atoms with Gasteiger partial charge in [-0.15, -0.1) is 0 Å². The molecule has 3 aliphatic heterocycles. The summed E-state index contributed by atoms with van der Waals surface area (Å²) in [6.07, 6.45) is -15.1. The van der Waals surface area contributed by atoms with Crippen LogP contribution in [0.5, 0.6) is 0 Å². The molecule has 19 N–H and O–H groups in total. The minimum absolute atomic E-state index is 0.0959. The van der Waals surface area contributed by atoms with Gasteiger partial charge in [-0.1, -0.05) is 12.2 Å². The lowest BCUT2D eigenvalue weighted by Crippen LogP contribution is -2.66. The zero-order valence-electron chi connectivity index (χ0n) is 27.6. The Morgan fingerprint density at radius 3 is 2.02 bits per heavy atom. The van der Waals surface area contributed by atoms with Crippen LogP contribution in [0.2, 0.25) is 0 Å². The van der Waals surface area contributed by atoms with Gasteiger partial charge in [0.15, 0.2) is 18.9 Å². The lowest BCUT2D eigenvalue weighted by molar-refractivity contribution is -0.284. The highest BCUT2D eigenvalue weighted by Gasteiger charge is 2.54. The van der Waals surface area contributed by atoms with E-state index in [9.17, 15) is 40.9 Å². The molecule has 19 atom stereocenters. The second-order valence-corrected chi connectivity index (χ2v) is 13.1. The van der Waals surface area contributed by atoms with Crippen LogP contribution in [-0.4, -0.2) is 208 Å². The fourth-order valence-corrected chi connectivity index (χ4v) is 6.34. The van der Waals surface area contributed by atoms with Crippen molar-refractivity contribution in [2.24, 2.45) is 22.9 Å². The van der Waals surface area contributed by atoms with Crippen LogP contribution in [0.1, 0.15) is 6.42 Å². The van der Waals surface area contributed by atoms with Crippen LogP contribution < -0.4 is 33.6 Å². The molecule has 0 bridgehead atoms. The first-order valence-electron chi connectivity index (χ1n) is 16.8. The van der Waals surface area contributed by atoms with E-state index in [4.69, 9.17) is 56.5 Å². The highest BCUT2D eigenvalue weighted by molar-refractivity contribution is 5.06. The third-order valence-electron chi connectivity index (χ3n) is 9.28. The van der Waals surface area contributed by atoms with Crippen LogP contribution >= 0.6 is 0 Å². The fraction of sp³-hybridized carbons (Fsp3) is 0.931. The first-order chi connectivity index (χ1) is 23.8. The molecule has 2 unspecified atom stereocenters. The number of hydrogen-bond acceptors (Lipinski definition) is 21. The number of aliphatic hydroxyl groups is 9. The topological polar surface area (TPSA) is 366 Å². The Morgan fingerprint density at radius 2 is 1.36 bits per heavy atom. The van der Waals surface area contributed by atoms with Gasteiger partial charge in [0.2, 0.25) is 0 Å². The van der Waals surface area contributed by atoms with E-state index in [-0.39, 0.29) is 32.6 Å². The molecule has 21 heteroatoms. The summed E-state index contributed by atoms with van der Waals surface area (Å²) in [5.41, 5.74) is 24.5. The maximum Gasteiger partial charge on any atom is 0.187 e. The first-order valence-corrected chi connectivity index (χ1v) is 16.8. The molecular weight excluding hydrogens is 672 g/mol. The quantitative estimate of drug-likeness (QED) is 0.0618. The van der Waals surface area contributed by atoms with Crippen LogP contribution in [0.3, 0.4) is 0 Å². The Bertz CT molecular complexity index is 1040. The van der Waals surface area contributed by atoms with E-state index in [1.54, 1.807) is 12.2 Å². The molecule has 0 radical (unpaired) electrons. The Kier molecular flexibility index (Phi) is 16.1. The highest BCUT2D eigenvalue weighted by Crippen LogP contribution is 2.34.